The van der Waals surface area contributed by atoms with E-state index in [2.05, 4.69) is 29.2 Å². The largest absolute Gasteiger partial charge is 0.454 e. The Morgan fingerprint density at radius 3 is 2.71 bits per heavy atom. The highest BCUT2D eigenvalue weighted by Gasteiger charge is 2.23. The normalized spacial score (nSPS) is 18.1. The van der Waals surface area contributed by atoms with Crippen molar-refractivity contribution in [1.82, 2.24) is 20.0 Å². The highest BCUT2D eigenvalue weighted by Crippen LogP contribution is 2.13. The fourth-order valence-electron chi connectivity index (χ4n) is 2.81. The first-order valence-corrected chi connectivity index (χ1v) is 8.32. The molecule has 0 radical (unpaired) electrons. The van der Waals surface area contributed by atoms with Crippen molar-refractivity contribution in [2.45, 2.75) is 25.4 Å². The highest BCUT2D eigenvalue weighted by atomic mass is 16.4. The van der Waals surface area contributed by atoms with Gasteiger partial charge in [-0.25, -0.2) is 0 Å². The van der Waals surface area contributed by atoms with Crippen LogP contribution < -0.4 is 5.32 Å². The number of nitrogens with one attached hydrogen (secondary N) is 1. The summed E-state index contributed by atoms with van der Waals surface area (Å²) in [5.41, 5.74) is 0. The summed E-state index contributed by atoms with van der Waals surface area (Å²) < 4.78 is 5.45. The lowest BCUT2D eigenvalue weighted by molar-refractivity contribution is -0.121. The quantitative estimate of drug-likeness (QED) is 0.791. The van der Waals surface area contributed by atoms with Crippen LogP contribution >= 0.6 is 0 Å². The number of carbonyl (C=O) groups excluding carboxylic acids is 2. The summed E-state index contributed by atoms with van der Waals surface area (Å²) in [4.78, 5) is 29.8. The maximum atomic E-state index is 12.0. The van der Waals surface area contributed by atoms with Gasteiger partial charge in [-0.05, 0) is 39.2 Å². The summed E-state index contributed by atoms with van der Waals surface area (Å²) in [6.07, 6.45) is 1.62. The molecule has 1 atom stereocenters. The molecule has 0 saturated carbocycles. The van der Waals surface area contributed by atoms with Crippen molar-refractivity contribution in [3.63, 3.8) is 0 Å². The molecular formula is C17H28N4O3. The number of nitrogens with zero attached hydrogens (tertiary/aromatic N) is 3. The number of hydrogen-bond acceptors (Lipinski definition) is 5. The molecule has 1 fully saturated rings. The Morgan fingerprint density at radius 2 is 2.08 bits per heavy atom. The summed E-state index contributed by atoms with van der Waals surface area (Å²) in [6.45, 7) is 3.23. The van der Waals surface area contributed by atoms with Gasteiger partial charge in [0, 0.05) is 39.6 Å². The van der Waals surface area contributed by atoms with E-state index < -0.39 is 0 Å². The molecule has 2 rings (SSSR count). The molecular weight excluding hydrogens is 308 g/mol. The molecule has 7 heteroatoms. The molecule has 1 aromatic heterocycles. The van der Waals surface area contributed by atoms with Crippen molar-refractivity contribution in [2.24, 2.45) is 0 Å². The monoisotopic (exact) mass is 336 g/mol. The van der Waals surface area contributed by atoms with Crippen molar-refractivity contribution in [3.8, 4) is 0 Å². The van der Waals surface area contributed by atoms with E-state index >= 15 is 0 Å². The van der Waals surface area contributed by atoms with Gasteiger partial charge in [0.1, 0.15) is 5.76 Å². The Labute approximate surface area is 143 Å². The summed E-state index contributed by atoms with van der Waals surface area (Å²) in [6, 6.07) is 3.89. The molecule has 0 aliphatic carbocycles. The van der Waals surface area contributed by atoms with Crippen LogP contribution in [-0.2, 0) is 11.3 Å². The number of furan rings is 1. The SMILES string of the molecule is CN1CC[C@@H](N(C)CCC(=O)NCc2ccc(C(=O)N(C)C)o2)C1. The molecule has 2 amide bonds. The van der Waals surface area contributed by atoms with Crippen LogP contribution in [-0.4, -0.2) is 80.4 Å². The van der Waals surface area contributed by atoms with Crippen molar-refractivity contribution >= 4 is 11.8 Å². The molecule has 0 aromatic carbocycles. The molecule has 1 aliphatic heterocycles. The van der Waals surface area contributed by atoms with E-state index in [1.54, 1.807) is 26.2 Å². The van der Waals surface area contributed by atoms with E-state index in [1.165, 1.54) is 4.90 Å². The first-order chi connectivity index (χ1) is 11.4. The van der Waals surface area contributed by atoms with Gasteiger partial charge in [0.05, 0.1) is 6.54 Å². The molecule has 134 valence electrons. The number of amides is 2. The molecule has 24 heavy (non-hydrogen) atoms. The molecule has 7 nitrogen and oxygen atoms in total. The number of likely N-dealkylation sites (N-methyl/N-ethyl adjacent to an activating group) is 2. The standard InChI is InChI=1S/C17H28N4O3/c1-19(2)17(23)15-6-5-14(24-15)11-18-16(22)8-10-21(4)13-7-9-20(3)12-13/h5-6,13H,7-12H2,1-4H3,(H,18,22)/t13-/m1/s1. The zero-order chi connectivity index (χ0) is 17.7. The van der Waals surface area contributed by atoms with Gasteiger partial charge in [-0.1, -0.05) is 0 Å². The van der Waals surface area contributed by atoms with Gasteiger partial charge < -0.3 is 24.4 Å². The molecule has 1 N–H and O–H groups in total. The molecule has 0 unspecified atom stereocenters. The fourth-order valence-corrected chi connectivity index (χ4v) is 2.81. The Hall–Kier alpha value is -1.86. The van der Waals surface area contributed by atoms with Crippen molar-refractivity contribution < 1.29 is 14.0 Å². The van der Waals surface area contributed by atoms with Gasteiger partial charge in [-0.15, -0.1) is 0 Å². The van der Waals surface area contributed by atoms with E-state index in [0.717, 1.165) is 26.1 Å². The predicted octanol–water partition coefficient (Wildman–Crippen LogP) is 0.624. The van der Waals surface area contributed by atoms with Crippen LogP contribution in [0.3, 0.4) is 0 Å². The van der Waals surface area contributed by atoms with Gasteiger partial charge in [-0.3, -0.25) is 9.59 Å². The zero-order valence-corrected chi connectivity index (χ0v) is 15.0. The minimum absolute atomic E-state index is 0.00918. The fraction of sp³-hybridized carbons (Fsp3) is 0.647. The highest BCUT2D eigenvalue weighted by molar-refractivity contribution is 5.91. The van der Waals surface area contributed by atoms with Gasteiger partial charge in [-0.2, -0.15) is 0 Å². The number of likely N-dealkylation sites (tertiary alicyclic amines) is 1. The van der Waals surface area contributed by atoms with E-state index in [9.17, 15) is 9.59 Å². The van der Waals surface area contributed by atoms with E-state index in [4.69, 9.17) is 4.42 Å². The molecule has 0 bridgehead atoms. The van der Waals surface area contributed by atoms with Crippen molar-refractivity contribution in [2.75, 3.05) is 47.8 Å². The molecule has 0 spiro atoms. The molecule has 1 aliphatic rings. The van der Waals surface area contributed by atoms with Crippen LogP contribution in [0.4, 0.5) is 0 Å². The molecule has 1 aromatic rings. The van der Waals surface area contributed by atoms with E-state index in [0.29, 0.717) is 24.8 Å². The lowest BCUT2D eigenvalue weighted by atomic mass is 10.2. The van der Waals surface area contributed by atoms with Crippen LogP contribution in [0, 0.1) is 0 Å². The number of carbonyl (C=O) groups is 2. The van der Waals surface area contributed by atoms with Crippen LogP contribution in [0.15, 0.2) is 16.5 Å². The van der Waals surface area contributed by atoms with Crippen molar-refractivity contribution in [1.29, 1.82) is 0 Å². The first kappa shape index (κ1) is 18.5. The van der Waals surface area contributed by atoms with Gasteiger partial charge >= 0.3 is 0 Å². The Balaban J connectivity index is 1.70. The second kappa shape index (κ2) is 8.30. The summed E-state index contributed by atoms with van der Waals surface area (Å²) in [7, 11) is 7.54. The Bertz CT molecular complexity index is 570. The summed E-state index contributed by atoms with van der Waals surface area (Å²) in [5, 5.41) is 2.84. The zero-order valence-electron chi connectivity index (χ0n) is 15.0. The Kier molecular flexibility index (Phi) is 6.39. The minimum atomic E-state index is -0.185. The van der Waals surface area contributed by atoms with Crippen LogP contribution in [0.2, 0.25) is 0 Å². The maximum absolute atomic E-state index is 12.0. The predicted molar refractivity (Wildman–Crippen MR) is 91.7 cm³/mol. The van der Waals surface area contributed by atoms with E-state index in [1.807, 2.05) is 0 Å². The van der Waals surface area contributed by atoms with Crippen LogP contribution in [0.1, 0.15) is 29.2 Å². The summed E-state index contributed by atoms with van der Waals surface area (Å²) >= 11 is 0. The van der Waals surface area contributed by atoms with Crippen LogP contribution in [0.5, 0.6) is 0 Å². The molecule has 1 saturated heterocycles. The average molecular weight is 336 g/mol. The lowest BCUT2D eigenvalue weighted by Gasteiger charge is -2.23. The summed E-state index contributed by atoms with van der Waals surface area (Å²) in [5.74, 6) is 0.675. The van der Waals surface area contributed by atoms with Gasteiger partial charge in [0.25, 0.3) is 5.91 Å². The Morgan fingerprint density at radius 1 is 1.33 bits per heavy atom. The van der Waals surface area contributed by atoms with E-state index in [-0.39, 0.29) is 17.6 Å². The van der Waals surface area contributed by atoms with Gasteiger partial charge in [0.2, 0.25) is 5.91 Å². The third kappa shape index (κ3) is 5.07. The number of hydrogen-bond donors (Lipinski definition) is 1. The lowest BCUT2D eigenvalue weighted by Crippen LogP contribution is -2.36. The van der Waals surface area contributed by atoms with Crippen LogP contribution in [0.25, 0.3) is 0 Å². The number of rotatable bonds is 7. The minimum Gasteiger partial charge on any atom is -0.454 e. The maximum Gasteiger partial charge on any atom is 0.289 e. The van der Waals surface area contributed by atoms with Gasteiger partial charge in [0.15, 0.2) is 5.76 Å². The third-order valence-electron chi connectivity index (χ3n) is 4.42. The van der Waals surface area contributed by atoms with Crippen molar-refractivity contribution in [3.05, 3.63) is 23.7 Å². The smallest absolute Gasteiger partial charge is 0.289 e. The topological polar surface area (TPSA) is 69.0 Å². The second-order valence-electron chi connectivity index (χ2n) is 6.68. The second-order valence-corrected chi connectivity index (χ2v) is 6.68. The average Bonchev–Trinajstić information content (AvgIpc) is 3.18. The molecule has 2 heterocycles. The third-order valence-corrected chi connectivity index (χ3v) is 4.42. The first-order valence-electron chi connectivity index (χ1n) is 8.32.